The number of halogens is 2. The molecule has 0 bridgehead atoms. The van der Waals surface area contributed by atoms with Crippen molar-refractivity contribution < 1.29 is 4.79 Å². The monoisotopic (exact) mass is 428 g/mol. The maximum Gasteiger partial charge on any atom is 0.238 e. The molecule has 2 aromatic heterocycles. The number of nitrogens with zero attached hydrogens (tertiary/aromatic N) is 3. The fourth-order valence-corrected chi connectivity index (χ4v) is 3.45. The van der Waals surface area contributed by atoms with Crippen LogP contribution in [-0.4, -0.2) is 27.3 Å². The second-order valence-electron chi connectivity index (χ2n) is 6.89. The van der Waals surface area contributed by atoms with Crippen LogP contribution in [-0.2, 0) is 17.9 Å². The Bertz CT molecular complexity index is 942. The Balaban J connectivity index is 1.77. The smallest absolute Gasteiger partial charge is 0.238 e. The van der Waals surface area contributed by atoms with Crippen molar-refractivity contribution in [2.75, 3.05) is 11.9 Å². The van der Waals surface area contributed by atoms with E-state index in [-0.39, 0.29) is 12.5 Å². The minimum atomic E-state index is -0.105. The van der Waals surface area contributed by atoms with Crippen LogP contribution in [0.3, 0.4) is 0 Å². The van der Waals surface area contributed by atoms with Crippen LogP contribution in [0.4, 0.5) is 5.69 Å². The lowest BCUT2D eigenvalue weighted by Crippen LogP contribution is -2.33. The van der Waals surface area contributed by atoms with Gasteiger partial charge in [-0.3, -0.25) is 19.7 Å². The molecule has 0 saturated carbocycles. The highest BCUT2D eigenvalue weighted by molar-refractivity contribution is 6.30. The lowest BCUT2D eigenvalue weighted by atomic mass is 10.1. The molecule has 0 aliphatic heterocycles. The van der Waals surface area contributed by atoms with E-state index >= 15 is 0 Å². The summed E-state index contributed by atoms with van der Waals surface area (Å²) in [4.78, 5) is 23.5. The molecule has 0 aliphatic rings. The summed E-state index contributed by atoms with van der Waals surface area (Å²) in [6, 6.07) is 13.0. The van der Waals surface area contributed by atoms with Crippen molar-refractivity contribution >= 4 is 34.8 Å². The molecule has 5 nitrogen and oxygen atoms in total. The molecule has 2 heterocycles. The van der Waals surface area contributed by atoms with E-state index in [1.807, 2.05) is 36.9 Å². The third-order valence-electron chi connectivity index (χ3n) is 4.44. The Morgan fingerprint density at radius 3 is 1.93 bits per heavy atom. The number of nitrogens with one attached hydrogen (secondary N) is 1. The number of aryl methyl sites for hydroxylation is 2. The Labute approximate surface area is 180 Å². The van der Waals surface area contributed by atoms with Gasteiger partial charge in [-0.1, -0.05) is 41.4 Å². The molecule has 0 unspecified atom stereocenters. The molecule has 0 fully saturated rings. The van der Waals surface area contributed by atoms with Gasteiger partial charge in [0.15, 0.2) is 0 Å². The molecule has 0 radical (unpaired) electrons. The number of para-hydroxylation sites is 1. The van der Waals surface area contributed by atoms with Gasteiger partial charge in [-0.05, 0) is 49.2 Å². The average Bonchev–Trinajstić information content (AvgIpc) is 2.65. The lowest BCUT2D eigenvalue weighted by Gasteiger charge is -2.22. The maximum absolute atomic E-state index is 12.8. The summed E-state index contributed by atoms with van der Waals surface area (Å²) in [5, 5.41) is 4.24. The van der Waals surface area contributed by atoms with Crippen molar-refractivity contribution in [1.82, 2.24) is 14.9 Å². The van der Waals surface area contributed by atoms with Gasteiger partial charge in [0, 0.05) is 41.2 Å². The summed E-state index contributed by atoms with van der Waals surface area (Å²) >= 11 is 12.2. The third-order valence-corrected chi connectivity index (χ3v) is 4.91. The number of carbonyl (C=O) groups is 1. The first kappa shape index (κ1) is 21.2. The maximum atomic E-state index is 12.8. The van der Waals surface area contributed by atoms with Crippen LogP contribution >= 0.6 is 23.2 Å². The highest BCUT2D eigenvalue weighted by Gasteiger charge is 2.15. The molecule has 0 aliphatic carbocycles. The Kier molecular flexibility index (Phi) is 7.20. The molecule has 1 N–H and O–H groups in total. The van der Waals surface area contributed by atoms with Crippen molar-refractivity contribution in [2.45, 2.75) is 26.9 Å². The lowest BCUT2D eigenvalue weighted by molar-refractivity contribution is -0.117. The van der Waals surface area contributed by atoms with Crippen LogP contribution in [0.1, 0.15) is 22.5 Å². The van der Waals surface area contributed by atoms with Gasteiger partial charge in [-0.15, -0.1) is 0 Å². The van der Waals surface area contributed by atoms with Crippen molar-refractivity contribution in [3.8, 4) is 0 Å². The second kappa shape index (κ2) is 9.83. The predicted octanol–water partition coefficient (Wildman–Crippen LogP) is 5.04. The zero-order valence-electron chi connectivity index (χ0n) is 16.3. The molecule has 0 atom stereocenters. The molecule has 0 saturated heterocycles. The van der Waals surface area contributed by atoms with Gasteiger partial charge in [-0.2, -0.15) is 0 Å². The molecular weight excluding hydrogens is 407 g/mol. The normalized spacial score (nSPS) is 10.9. The standard InChI is InChI=1S/C22H22Cl2N4O/c1-15-4-3-5-16(2)22(15)27-21(29)14-28(12-19-10-17(23)6-8-25-19)13-20-11-18(24)7-9-26-20/h3-11H,12-14H2,1-2H3,(H,27,29). The third kappa shape index (κ3) is 6.26. The van der Waals surface area contributed by atoms with E-state index in [4.69, 9.17) is 23.2 Å². The second-order valence-corrected chi connectivity index (χ2v) is 7.76. The Hall–Kier alpha value is -2.47. The SMILES string of the molecule is Cc1cccc(C)c1NC(=O)CN(Cc1cc(Cl)ccn1)Cc1cc(Cl)ccn1. The van der Waals surface area contributed by atoms with E-state index in [1.54, 1.807) is 36.7 Å². The Morgan fingerprint density at radius 2 is 1.45 bits per heavy atom. The number of rotatable bonds is 7. The molecule has 3 aromatic rings. The van der Waals surface area contributed by atoms with Crippen LogP contribution in [0, 0.1) is 13.8 Å². The van der Waals surface area contributed by atoms with E-state index in [0.717, 1.165) is 28.2 Å². The summed E-state index contributed by atoms with van der Waals surface area (Å²) in [6.07, 6.45) is 3.31. The number of carbonyl (C=O) groups excluding carboxylic acids is 1. The first-order valence-electron chi connectivity index (χ1n) is 9.20. The predicted molar refractivity (Wildman–Crippen MR) is 117 cm³/mol. The summed E-state index contributed by atoms with van der Waals surface area (Å²) in [5.41, 5.74) is 4.45. The van der Waals surface area contributed by atoms with Gasteiger partial charge in [-0.25, -0.2) is 0 Å². The van der Waals surface area contributed by atoms with E-state index < -0.39 is 0 Å². The molecular formula is C22H22Cl2N4O. The van der Waals surface area contributed by atoms with Crippen LogP contribution in [0.25, 0.3) is 0 Å². The van der Waals surface area contributed by atoms with Gasteiger partial charge in [0.1, 0.15) is 0 Å². The zero-order chi connectivity index (χ0) is 20.8. The molecule has 150 valence electrons. The van der Waals surface area contributed by atoms with Gasteiger partial charge in [0.2, 0.25) is 5.91 Å². The van der Waals surface area contributed by atoms with E-state index in [2.05, 4.69) is 15.3 Å². The summed E-state index contributed by atoms with van der Waals surface area (Å²) in [7, 11) is 0. The number of amides is 1. The summed E-state index contributed by atoms with van der Waals surface area (Å²) in [5.74, 6) is -0.105. The van der Waals surface area contributed by atoms with Gasteiger partial charge < -0.3 is 5.32 Å². The van der Waals surface area contributed by atoms with E-state index in [0.29, 0.717) is 23.1 Å². The number of pyridine rings is 2. The fraction of sp³-hybridized carbons (Fsp3) is 0.227. The molecule has 29 heavy (non-hydrogen) atoms. The molecule has 7 heteroatoms. The van der Waals surface area contributed by atoms with Crippen molar-refractivity contribution in [3.05, 3.63) is 87.4 Å². The van der Waals surface area contributed by atoms with Crippen LogP contribution in [0.2, 0.25) is 10.0 Å². The summed E-state index contributed by atoms with van der Waals surface area (Å²) < 4.78 is 0. The molecule has 1 aromatic carbocycles. The summed E-state index contributed by atoms with van der Waals surface area (Å²) in [6.45, 7) is 5.04. The highest BCUT2D eigenvalue weighted by Crippen LogP contribution is 2.20. The van der Waals surface area contributed by atoms with Gasteiger partial charge in [0.05, 0.1) is 17.9 Å². The number of anilines is 1. The van der Waals surface area contributed by atoms with Crippen molar-refractivity contribution in [3.63, 3.8) is 0 Å². The minimum Gasteiger partial charge on any atom is -0.324 e. The number of benzene rings is 1. The topological polar surface area (TPSA) is 58.1 Å². The highest BCUT2D eigenvalue weighted by atomic mass is 35.5. The molecule has 0 spiro atoms. The molecule has 3 rings (SSSR count). The quantitative estimate of drug-likeness (QED) is 0.572. The van der Waals surface area contributed by atoms with Crippen LogP contribution < -0.4 is 5.32 Å². The van der Waals surface area contributed by atoms with E-state index in [1.165, 1.54) is 0 Å². The first-order chi connectivity index (χ1) is 13.9. The molecule has 1 amide bonds. The first-order valence-corrected chi connectivity index (χ1v) is 9.95. The van der Waals surface area contributed by atoms with Crippen LogP contribution in [0.5, 0.6) is 0 Å². The average molecular weight is 429 g/mol. The number of aromatic nitrogens is 2. The number of hydrogen-bond donors (Lipinski definition) is 1. The van der Waals surface area contributed by atoms with Crippen molar-refractivity contribution in [1.29, 1.82) is 0 Å². The van der Waals surface area contributed by atoms with Crippen molar-refractivity contribution in [2.24, 2.45) is 0 Å². The van der Waals surface area contributed by atoms with Crippen LogP contribution in [0.15, 0.2) is 54.9 Å². The van der Waals surface area contributed by atoms with E-state index in [9.17, 15) is 4.79 Å². The fourth-order valence-electron chi connectivity index (χ4n) is 3.09. The minimum absolute atomic E-state index is 0.105. The zero-order valence-corrected chi connectivity index (χ0v) is 17.8. The largest absolute Gasteiger partial charge is 0.324 e. The Morgan fingerprint density at radius 1 is 0.931 bits per heavy atom. The number of hydrogen-bond acceptors (Lipinski definition) is 4. The van der Waals surface area contributed by atoms with Gasteiger partial charge >= 0.3 is 0 Å². The van der Waals surface area contributed by atoms with Gasteiger partial charge in [0.25, 0.3) is 0 Å².